The topological polar surface area (TPSA) is 78.9 Å². The summed E-state index contributed by atoms with van der Waals surface area (Å²) in [6, 6.07) is 11.3. The first-order valence-corrected chi connectivity index (χ1v) is 6.33. The lowest BCUT2D eigenvalue weighted by Crippen LogP contribution is -2.15. The number of anilines is 2. The van der Waals surface area contributed by atoms with Crippen LogP contribution in [-0.2, 0) is 0 Å². The maximum Gasteiger partial charge on any atom is 0.259 e. The van der Waals surface area contributed by atoms with Crippen LogP contribution in [0.1, 0.15) is 15.9 Å². The Morgan fingerprint density at radius 1 is 1.25 bits per heavy atom. The van der Waals surface area contributed by atoms with Crippen molar-refractivity contribution in [2.75, 3.05) is 11.1 Å². The van der Waals surface area contributed by atoms with Crippen LogP contribution in [0.25, 0.3) is 0 Å². The van der Waals surface area contributed by atoms with Gasteiger partial charge in [-0.3, -0.25) is 4.79 Å². The fourth-order valence-corrected chi connectivity index (χ4v) is 2.12. The van der Waals surface area contributed by atoms with Gasteiger partial charge in [-0.05, 0) is 30.3 Å². The largest absolute Gasteiger partial charge is 0.398 e. The number of carbonyl (C=O) groups excluding carboxylic acids is 1. The summed E-state index contributed by atoms with van der Waals surface area (Å²) in [5.74, 6) is -0.494. The van der Waals surface area contributed by atoms with Gasteiger partial charge >= 0.3 is 0 Å². The van der Waals surface area contributed by atoms with Crippen molar-refractivity contribution >= 4 is 40.5 Å². The van der Waals surface area contributed by atoms with E-state index in [1.54, 1.807) is 24.3 Å². The number of nitrogens with two attached hydrogens (primary N) is 1. The summed E-state index contributed by atoms with van der Waals surface area (Å²) in [7, 11) is 0. The molecule has 6 heteroatoms. The van der Waals surface area contributed by atoms with E-state index in [4.69, 9.17) is 34.2 Å². The Morgan fingerprint density at radius 3 is 2.65 bits per heavy atom. The zero-order valence-electron chi connectivity index (χ0n) is 10.2. The number of hydrogen-bond donors (Lipinski definition) is 2. The van der Waals surface area contributed by atoms with Gasteiger partial charge in [-0.2, -0.15) is 5.26 Å². The van der Waals surface area contributed by atoms with Crippen molar-refractivity contribution in [3.8, 4) is 6.07 Å². The number of nitrogen functional groups attached to an aromatic ring is 1. The summed E-state index contributed by atoms with van der Waals surface area (Å²) in [6.07, 6.45) is 0. The van der Waals surface area contributed by atoms with Gasteiger partial charge < -0.3 is 11.1 Å². The maximum absolute atomic E-state index is 12.2. The van der Waals surface area contributed by atoms with Crippen LogP contribution in [0.2, 0.25) is 10.0 Å². The second kappa shape index (κ2) is 5.83. The Labute approximate surface area is 125 Å². The third kappa shape index (κ3) is 2.85. The Bertz CT molecular complexity index is 703. The van der Waals surface area contributed by atoms with Crippen LogP contribution in [0.3, 0.4) is 0 Å². The van der Waals surface area contributed by atoms with Gasteiger partial charge in [0.1, 0.15) is 6.07 Å². The summed E-state index contributed by atoms with van der Waals surface area (Å²) in [6.45, 7) is 0. The minimum atomic E-state index is -0.494. The summed E-state index contributed by atoms with van der Waals surface area (Å²) in [4.78, 5) is 12.2. The third-order valence-electron chi connectivity index (χ3n) is 2.62. The smallest absolute Gasteiger partial charge is 0.259 e. The molecule has 0 aliphatic carbocycles. The second-order valence-electron chi connectivity index (χ2n) is 3.96. The van der Waals surface area contributed by atoms with Crippen molar-refractivity contribution in [3.63, 3.8) is 0 Å². The predicted octanol–water partition coefficient (Wildman–Crippen LogP) is 3.70. The highest BCUT2D eigenvalue weighted by atomic mass is 35.5. The van der Waals surface area contributed by atoms with Crippen molar-refractivity contribution in [1.29, 1.82) is 5.26 Å². The highest BCUT2D eigenvalue weighted by Gasteiger charge is 2.15. The molecule has 0 unspecified atom stereocenters. The van der Waals surface area contributed by atoms with Crippen LogP contribution in [-0.4, -0.2) is 5.91 Å². The quantitative estimate of drug-likeness (QED) is 0.830. The third-order valence-corrected chi connectivity index (χ3v) is 3.17. The standard InChI is InChI=1S/C14H9Cl2N3O/c15-9-5-4-8(7-17)12(6-9)19-14(20)13-10(16)2-1-3-11(13)18/h1-6H,18H2,(H,19,20). The maximum atomic E-state index is 12.2. The molecule has 1 amide bonds. The number of amides is 1. The molecule has 100 valence electrons. The summed E-state index contributed by atoms with van der Waals surface area (Å²) in [5, 5.41) is 12.2. The number of benzene rings is 2. The molecule has 0 radical (unpaired) electrons. The molecule has 0 heterocycles. The van der Waals surface area contributed by atoms with Gasteiger partial charge in [-0.1, -0.05) is 29.3 Å². The van der Waals surface area contributed by atoms with Crippen LogP contribution < -0.4 is 11.1 Å². The molecule has 0 spiro atoms. The molecule has 0 bridgehead atoms. The van der Waals surface area contributed by atoms with E-state index in [1.807, 2.05) is 6.07 Å². The highest BCUT2D eigenvalue weighted by molar-refractivity contribution is 6.35. The molecule has 0 saturated heterocycles. The molecule has 4 nitrogen and oxygen atoms in total. The zero-order valence-corrected chi connectivity index (χ0v) is 11.7. The number of nitriles is 1. The van der Waals surface area contributed by atoms with Gasteiger partial charge in [0.2, 0.25) is 0 Å². The first-order valence-electron chi connectivity index (χ1n) is 5.58. The number of hydrogen-bond acceptors (Lipinski definition) is 3. The number of rotatable bonds is 2. The zero-order chi connectivity index (χ0) is 14.7. The molecule has 0 saturated carbocycles. The highest BCUT2D eigenvalue weighted by Crippen LogP contribution is 2.25. The van der Waals surface area contributed by atoms with E-state index < -0.39 is 5.91 Å². The van der Waals surface area contributed by atoms with Crippen molar-refractivity contribution in [2.45, 2.75) is 0 Å². The van der Waals surface area contributed by atoms with Crippen LogP contribution in [0.4, 0.5) is 11.4 Å². The van der Waals surface area contributed by atoms with Gasteiger partial charge in [0.15, 0.2) is 0 Å². The van der Waals surface area contributed by atoms with Crippen LogP contribution in [0.5, 0.6) is 0 Å². The van der Waals surface area contributed by atoms with E-state index in [0.717, 1.165) is 0 Å². The monoisotopic (exact) mass is 305 g/mol. The first-order chi connectivity index (χ1) is 9.52. The number of halogens is 2. The lowest BCUT2D eigenvalue weighted by molar-refractivity contribution is 0.102. The SMILES string of the molecule is N#Cc1ccc(Cl)cc1NC(=O)c1c(N)cccc1Cl. The molecular formula is C14H9Cl2N3O. The lowest BCUT2D eigenvalue weighted by atomic mass is 10.1. The Kier molecular flexibility index (Phi) is 4.14. The van der Waals surface area contributed by atoms with E-state index in [9.17, 15) is 4.79 Å². The van der Waals surface area contributed by atoms with Crippen molar-refractivity contribution in [1.82, 2.24) is 0 Å². The fourth-order valence-electron chi connectivity index (χ4n) is 1.68. The van der Waals surface area contributed by atoms with Crippen LogP contribution >= 0.6 is 23.2 Å². The van der Waals surface area contributed by atoms with Gasteiger partial charge in [0, 0.05) is 10.7 Å². The normalized spacial score (nSPS) is 9.85. The Balaban J connectivity index is 2.38. The average molecular weight is 306 g/mol. The Hall–Kier alpha value is -2.22. The van der Waals surface area contributed by atoms with Gasteiger partial charge in [-0.25, -0.2) is 0 Å². The van der Waals surface area contributed by atoms with E-state index >= 15 is 0 Å². The molecule has 3 N–H and O–H groups in total. The number of nitrogens with zero attached hydrogens (tertiary/aromatic N) is 1. The molecule has 0 aliphatic heterocycles. The summed E-state index contributed by atoms with van der Waals surface area (Å²) < 4.78 is 0. The van der Waals surface area contributed by atoms with Crippen LogP contribution in [0.15, 0.2) is 36.4 Å². The van der Waals surface area contributed by atoms with E-state index in [1.165, 1.54) is 12.1 Å². The minimum absolute atomic E-state index is 0.165. The molecule has 2 aromatic carbocycles. The number of nitrogens with one attached hydrogen (secondary N) is 1. The summed E-state index contributed by atoms with van der Waals surface area (Å²) in [5.41, 5.74) is 6.77. The molecule has 0 aromatic heterocycles. The fraction of sp³-hybridized carbons (Fsp3) is 0. The first kappa shape index (κ1) is 14.2. The molecular weight excluding hydrogens is 297 g/mol. The average Bonchev–Trinajstić information content (AvgIpc) is 2.38. The lowest BCUT2D eigenvalue weighted by Gasteiger charge is -2.10. The van der Waals surface area contributed by atoms with E-state index in [-0.39, 0.29) is 16.3 Å². The van der Waals surface area contributed by atoms with Gasteiger partial charge in [0.25, 0.3) is 5.91 Å². The molecule has 0 fully saturated rings. The molecule has 0 aliphatic rings. The van der Waals surface area contributed by atoms with Gasteiger partial charge in [0.05, 0.1) is 21.8 Å². The molecule has 2 rings (SSSR count). The molecule has 0 atom stereocenters. The van der Waals surface area contributed by atoms with Crippen molar-refractivity contribution in [3.05, 3.63) is 57.6 Å². The predicted molar refractivity (Wildman–Crippen MR) is 80.0 cm³/mol. The van der Waals surface area contributed by atoms with Crippen molar-refractivity contribution < 1.29 is 4.79 Å². The Morgan fingerprint density at radius 2 is 2.00 bits per heavy atom. The van der Waals surface area contributed by atoms with E-state index in [2.05, 4.69) is 5.32 Å². The molecule has 20 heavy (non-hydrogen) atoms. The van der Waals surface area contributed by atoms with Gasteiger partial charge in [-0.15, -0.1) is 0 Å². The summed E-state index contributed by atoms with van der Waals surface area (Å²) >= 11 is 11.8. The number of carbonyl (C=O) groups is 1. The van der Waals surface area contributed by atoms with E-state index in [0.29, 0.717) is 16.3 Å². The molecule has 2 aromatic rings. The van der Waals surface area contributed by atoms with Crippen LogP contribution in [0, 0.1) is 11.3 Å². The van der Waals surface area contributed by atoms with Crippen molar-refractivity contribution in [2.24, 2.45) is 0 Å². The minimum Gasteiger partial charge on any atom is -0.398 e. The second-order valence-corrected chi connectivity index (χ2v) is 4.80.